The maximum Gasteiger partial charge on any atom is 0.271 e. The number of halogens is 2. The molecule has 1 heterocycles. The number of hydrogen-bond acceptors (Lipinski definition) is 6. The fourth-order valence-corrected chi connectivity index (χ4v) is 2.50. The third-order valence-electron chi connectivity index (χ3n) is 3.74. The second-order valence-electron chi connectivity index (χ2n) is 5.87. The Morgan fingerprint density at radius 1 is 1.24 bits per heavy atom. The summed E-state index contributed by atoms with van der Waals surface area (Å²) in [6.45, 7) is 1.90. The van der Waals surface area contributed by atoms with Gasteiger partial charge in [-0.25, -0.2) is 10.4 Å². The third-order valence-corrected chi connectivity index (χ3v) is 3.92. The van der Waals surface area contributed by atoms with E-state index in [4.69, 9.17) is 21.1 Å². The Bertz CT molecular complexity index is 1080. The zero-order valence-corrected chi connectivity index (χ0v) is 16.3. The van der Waals surface area contributed by atoms with Gasteiger partial charge >= 0.3 is 0 Å². The first-order chi connectivity index (χ1) is 14.0. The molecule has 29 heavy (non-hydrogen) atoms. The van der Waals surface area contributed by atoms with Crippen molar-refractivity contribution in [3.63, 3.8) is 0 Å². The minimum absolute atomic E-state index is 0.156. The third kappa shape index (κ3) is 5.26. The van der Waals surface area contributed by atoms with Crippen LogP contribution in [0.3, 0.4) is 0 Å². The normalized spacial score (nSPS) is 10.8. The molecule has 1 amide bonds. The van der Waals surface area contributed by atoms with E-state index in [1.165, 1.54) is 13.3 Å². The number of aryl methyl sites for hydroxylation is 1. The topological polar surface area (TPSA) is 85.7 Å². The summed E-state index contributed by atoms with van der Waals surface area (Å²) < 4.78 is 24.5. The Morgan fingerprint density at radius 3 is 2.83 bits per heavy atom. The molecule has 0 aliphatic heterocycles. The lowest BCUT2D eigenvalue weighted by molar-refractivity contribution is 0.0955. The van der Waals surface area contributed by atoms with Crippen molar-refractivity contribution in [1.29, 1.82) is 0 Å². The molecule has 1 aromatic heterocycles. The molecule has 9 heteroatoms. The Hall–Kier alpha value is -3.52. The van der Waals surface area contributed by atoms with Gasteiger partial charge in [-0.2, -0.15) is 14.5 Å². The molecule has 0 fully saturated rings. The summed E-state index contributed by atoms with van der Waals surface area (Å²) in [6.07, 6.45) is 2.33. The summed E-state index contributed by atoms with van der Waals surface area (Å²) in [6, 6.07) is 12.0. The van der Waals surface area contributed by atoms with E-state index >= 15 is 0 Å². The molecule has 7 nitrogen and oxygen atoms in total. The van der Waals surface area contributed by atoms with E-state index in [1.54, 1.807) is 36.4 Å². The summed E-state index contributed by atoms with van der Waals surface area (Å²) in [5.74, 6) is -0.922. The number of nitrogens with zero attached hydrogens (tertiary/aromatic N) is 3. The van der Waals surface area contributed by atoms with Crippen LogP contribution in [-0.2, 0) is 0 Å². The minimum Gasteiger partial charge on any atom is -0.493 e. The van der Waals surface area contributed by atoms with Crippen LogP contribution >= 0.6 is 11.6 Å². The lowest BCUT2D eigenvalue weighted by Crippen LogP contribution is -2.17. The molecule has 0 atom stereocenters. The molecular weight excluding hydrogens is 399 g/mol. The lowest BCUT2D eigenvalue weighted by Gasteiger charge is -2.10. The van der Waals surface area contributed by atoms with Gasteiger partial charge in [-0.3, -0.25) is 4.79 Å². The van der Waals surface area contributed by atoms with Crippen LogP contribution in [0.5, 0.6) is 17.4 Å². The SMILES string of the molecule is COc1ccc(/C=N\NC(=O)c2cccc(C)c2)cc1Oc1nc(Cl)ncc1F. The van der Waals surface area contributed by atoms with Crippen LogP contribution in [-0.4, -0.2) is 29.2 Å². The van der Waals surface area contributed by atoms with Gasteiger partial charge < -0.3 is 9.47 Å². The Labute approximate surface area is 171 Å². The van der Waals surface area contributed by atoms with Gasteiger partial charge in [0.15, 0.2) is 11.5 Å². The Balaban J connectivity index is 1.76. The summed E-state index contributed by atoms with van der Waals surface area (Å²) >= 11 is 5.68. The van der Waals surface area contributed by atoms with E-state index < -0.39 is 5.82 Å². The van der Waals surface area contributed by atoms with E-state index in [0.29, 0.717) is 16.9 Å². The van der Waals surface area contributed by atoms with E-state index in [1.807, 2.05) is 13.0 Å². The van der Waals surface area contributed by atoms with Gasteiger partial charge in [-0.05, 0) is 54.4 Å². The van der Waals surface area contributed by atoms with Crippen molar-refractivity contribution in [3.05, 3.63) is 76.5 Å². The number of ether oxygens (including phenoxy) is 2. The van der Waals surface area contributed by atoms with Gasteiger partial charge in [0.2, 0.25) is 11.1 Å². The van der Waals surface area contributed by atoms with E-state index in [2.05, 4.69) is 20.5 Å². The number of methoxy groups -OCH3 is 1. The molecule has 0 saturated heterocycles. The van der Waals surface area contributed by atoms with Crippen molar-refractivity contribution in [2.45, 2.75) is 6.92 Å². The predicted octanol–water partition coefficient (Wildman–Crippen LogP) is 4.14. The second-order valence-corrected chi connectivity index (χ2v) is 6.21. The lowest BCUT2D eigenvalue weighted by atomic mass is 10.1. The van der Waals surface area contributed by atoms with Gasteiger partial charge in [-0.15, -0.1) is 0 Å². The van der Waals surface area contributed by atoms with Crippen LogP contribution in [0, 0.1) is 12.7 Å². The number of hydrazone groups is 1. The first kappa shape index (κ1) is 20.2. The van der Waals surface area contributed by atoms with Crippen LogP contribution in [0.4, 0.5) is 4.39 Å². The fourth-order valence-electron chi connectivity index (χ4n) is 2.38. The number of rotatable bonds is 6. The molecule has 0 radical (unpaired) electrons. The van der Waals surface area contributed by atoms with Gasteiger partial charge in [0.1, 0.15) is 0 Å². The summed E-state index contributed by atoms with van der Waals surface area (Å²) in [5, 5.41) is 3.79. The summed E-state index contributed by atoms with van der Waals surface area (Å²) in [5.41, 5.74) is 4.49. The van der Waals surface area contributed by atoms with Crippen LogP contribution in [0.1, 0.15) is 21.5 Å². The van der Waals surface area contributed by atoms with E-state index in [-0.39, 0.29) is 22.8 Å². The summed E-state index contributed by atoms with van der Waals surface area (Å²) in [7, 11) is 1.45. The smallest absolute Gasteiger partial charge is 0.271 e. The zero-order valence-electron chi connectivity index (χ0n) is 15.5. The molecule has 3 rings (SSSR count). The average Bonchev–Trinajstić information content (AvgIpc) is 2.71. The van der Waals surface area contributed by atoms with Crippen LogP contribution in [0.15, 0.2) is 53.8 Å². The first-order valence-electron chi connectivity index (χ1n) is 8.40. The number of carbonyl (C=O) groups excluding carboxylic acids is 1. The van der Waals surface area contributed by atoms with Crippen molar-refractivity contribution < 1.29 is 18.7 Å². The zero-order chi connectivity index (χ0) is 20.8. The first-order valence-corrected chi connectivity index (χ1v) is 8.78. The molecule has 0 aliphatic carbocycles. The number of amides is 1. The van der Waals surface area contributed by atoms with E-state index in [0.717, 1.165) is 11.8 Å². The van der Waals surface area contributed by atoms with Crippen LogP contribution < -0.4 is 14.9 Å². The second kappa shape index (κ2) is 9.11. The van der Waals surface area contributed by atoms with Gasteiger partial charge in [0.25, 0.3) is 11.8 Å². The minimum atomic E-state index is -0.777. The standard InChI is InChI=1S/C20H16ClFN4O3/c1-12-4-3-5-14(8-12)18(27)26-24-10-13-6-7-16(28-2)17(9-13)29-19-15(22)11-23-20(21)25-19/h3-11H,1-2H3,(H,26,27)/b24-10-. The van der Waals surface area contributed by atoms with Gasteiger partial charge in [0, 0.05) is 5.56 Å². The quantitative estimate of drug-likeness (QED) is 0.372. The number of nitrogens with one attached hydrogen (secondary N) is 1. The fraction of sp³-hybridized carbons (Fsp3) is 0.100. The van der Waals surface area contributed by atoms with Crippen LogP contribution in [0.25, 0.3) is 0 Å². The van der Waals surface area contributed by atoms with Crippen molar-refractivity contribution in [2.75, 3.05) is 7.11 Å². The molecule has 0 bridgehead atoms. The molecule has 0 aliphatic rings. The number of carbonyl (C=O) groups is 1. The van der Waals surface area contributed by atoms with Crippen molar-refractivity contribution in [1.82, 2.24) is 15.4 Å². The largest absolute Gasteiger partial charge is 0.493 e. The van der Waals surface area contributed by atoms with Crippen molar-refractivity contribution in [3.8, 4) is 17.4 Å². The highest BCUT2D eigenvalue weighted by molar-refractivity contribution is 6.28. The molecule has 148 valence electrons. The molecule has 0 unspecified atom stereocenters. The number of benzene rings is 2. The molecule has 0 spiro atoms. The van der Waals surface area contributed by atoms with Crippen LogP contribution in [0.2, 0.25) is 5.28 Å². The maximum absolute atomic E-state index is 13.8. The molecule has 2 aromatic carbocycles. The van der Waals surface area contributed by atoms with Crippen molar-refractivity contribution in [2.24, 2.45) is 5.10 Å². The average molecular weight is 415 g/mol. The molecule has 0 saturated carbocycles. The number of aromatic nitrogens is 2. The van der Waals surface area contributed by atoms with Gasteiger partial charge in [-0.1, -0.05) is 17.7 Å². The molecule has 1 N–H and O–H groups in total. The predicted molar refractivity (Wildman–Crippen MR) is 106 cm³/mol. The summed E-state index contributed by atoms with van der Waals surface area (Å²) in [4.78, 5) is 19.4. The van der Waals surface area contributed by atoms with E-state index in [9.17, 15) is 9.18 Å². The Kier molecular flexibility index (Phi) is 6.36. The number of hydrogen-bond donors (Lipinski definition) is 1. The monoisotopic (exact) mass is 414 g/mol. The highest BCUT2D eigenvalue weighted by Crippen LogP contribution is 2.32. The Morgan fingerprint density at radius 2 is 2.07 bits per heavy atom. The highest BCUT2D eigenvalue weighted by Gasteiger charge is 2.13. The van der Waals surface area contributed by atoms with Gasteiger partial charge in [0.05, 0.1) is 19.5 Å². The molecule has 3 aromatic rings. The molecular formula is C20H16ClFN4O3. The highest BCUT2D eigenvalue weighted by atomic mass is 35.5. The maximum atomic E-state index is 13.8. The van der Waals surface area contributed by atoms with Crippen molar-refractivity contribution >= 4 is 23.7 Å².